The van der Waals surface area contributed by atoms with Gasteiger partial charge in [0.15, 0.2) is 0 Å². The minimum atomic E-state index is -0.371. The maximum atomic E-state index is 13.0. The van der Waals surface area contributed by atoms with Crippen LogP contribution in [0.15, 0.2) is 52.9 Å². The van der Waals surface area contributed by atoms with Crippen LogP contribution in [0.25, 0.3) is 11.5 Å². The number of likely N-dealkylation sites (tertiary alicyclic amines) is 1. The van der Waals surface area contributed by atoms with Crippen molar-refractivity contribution in [3.05, 3.63) is 75.9 Å². The van der Waals surface area contributed by atoms with E-state index in [4.69, 9.17) is 4.42 Å². The molecule has 1 aliphatic heterocycles. The van der Waals surface area contributed by atoms with Crippen molar-refractivity contribution >= 4 is 5.69 Å². The zero-order valence-electron chi connectivity index (χ0n) is 15.1. The van der Waals surface area contributed by atoms with Crippen LogP contribution in [0.5, 0.6) is 0 Å². The molecule has 4 rings (SSSR count). The average Bonchev–Trinajstić information content (AvgIpc) is 3.19. The minimum absolute atomic E-state index is 0.117. The minimum Gasteiger partial charge on any atom is -0.420 e. The molecule has 0 radical (unpaired) electrons. The second kappa shape index (κ2) is 7.85. The number of hydrogen-bond donors (Lipinski definition) is 0. The van der Waals surface area contributed by atoms with Crippen molar-refractivity contribution in [2.24, 2.45) is 0 Å². The van der Waals surface area contributed by atoms with Gasteiger partial charge < -0.3 is 4.42 Å². The number of aromatic nitrogens is 2. The second-order valence-corrected chi connectivity index (χ2v) is 6.93. The highest BCUT2D eigenvalue weighted by atomic mass is 19.1. The molecule has 0 N–H and O–H groups in total. The van der Waals surface area contributed by atoms with Gasteiger partial charge >= 0.3 is 0 Å². The van der Waals surface area contributed by atoms with E-state index in [0.717, 1.165) is 31.5 Å². The predicted octanol–water partition coefficient (Wildman–Crippen LogP) is 4.16. The maximum absolute atomic E-state index is 13.0. The molecule has 8 heteroatoms. The summed E-state index contributed by atoms with van der Waals surface area (Å²) in [5, 5.41) is 19.2. The number of non-ortho nitro benzene ring substituents is 1. The van der Waals surface area contributed by atoms with Gasteiger partial charge in [-0.2, -0.15) is 0 Å². The highest BCUT2D eigenvalue weighted by Crippen LogP contribution is 2.30. The molecule has 0 amide bonds. The fourth-order valence-electron chi connectivity index (χ4n) is 3.47. The van der Waals surface area contributed by atoms with E-state index in [1.807, 2.05) is 6.07 Å². The van der Waals surface area contributed by atoms with Crippen molar-refractivity contribution in [1.29, 1.82) is 0 Å². The van der Waals surface area contributed by atoms with Gasteiger partial charge in [0, 0.05) is 30.2 Å². The van der Waals surface area contributed by atoms with Crippen molar-refractivity contribution in [3.63, 3.8) is 0 Å². The molecule has 0 saturated carbocycles. The normalized spacial score (nSPS) is 15.6. The van der Waals surface area contributed by atoms with Crippen LogP contribution in [0.1, 0.15) is 30.2 Å². The lowest BCUT2D eigenvalue weighted by atomic mass is 9.96. The fraction of sp³-hybridized carbons (Fsp3) is 0.300. The topological polar surface area (TPSA) is 85.3 Å². The van der Waals surface area contributed by atoms with Gasteiger partial charge in [0.05, 0.1) is 4.92 Å². The quantitative estimate of drug-likeness (QED) is 0.486. The number of nitrogens with zero attached hydrogens (tertiary/aromatic N) is 4. The van der Waals surface area contributed by atoms with Crippen LogP contribution < -0.4 is 0 Å². The summed E-state index contributed by atoms with van der Waals surface area (Å²) in [6.45, 7) is 2.38. The summed E-state index contributed by atoms with van der Waals surface area (Å²) in [7, 11) is 0. The van der Waals surface area contributed by atoms with Crippen LogP contribution in [-0.4, -0.2) is 33.1 Å². The molecule has 0 aliphatic carbocycles. The highest BCUT2D eigenvalue weighted by molar-refractivity contribution is 5.52. The molecule has 0 atom stereocenters. The molecule has 2 heterocycles. The number of halogens is 1. The third-order valence-corrected chi connectivity index (χ3v) is 5.00. The number of nitro benzene ring substituents is 1. The number of hydrogen-bond acceptors (Lipinski definition) is 6. The molecule has 28 heavy (non-hydrogen) atoms. The molecule has 0 bridgehead atoms. The molecule has 144 valence electrons. The number of piperidine rings is 1. The molecule has 0 spiro atoms. The largest absolute Gasteiger partial charge is 0.420 e. The van der Waals surface area contributed by atoms with Crippen LogP contribution in [0.3, 0.4) is 0 Å². The zero-order chi connectivity index (χ0) is 19.5. The van der Waals surface area contributed by atoms with Gasteiger partial charge in [-0.15, -0.1) is 10.2 Å². The van der Waals surface area contributed by atoms with Crippen LogP contribution >= 0.6 is 0 Å². The Hall–Kier alpha value is -3.13. The van der Waals surface area contributed by atoms with Crippen molar-refractivity contribution in [2.45, 2.75) is 25.3 Å². The first-order valence-corrected chi connectivity index (χ1v) is 9.13. The van der Waals surface area contributed by atoms with Crippen LogP contribution in [0.4, 0.5) is 10.1 Å². The Morgan fingerprint density at radius 3 is 2.61 bits per heavy atom. The number of nitro groups is 1. The molecule has 0 unspecified atom stereocenters. The number of benzene rings is 2. The zero-order valence-corrected chi connectivity index (χ0v) is 15.1. The fourth-order valence-corrected chi connectivity index (χ4v) is 3.47. The van der Waals surface area contributed by atoms with Gasteiger partial charge in [-0.3, -0.25) is 15.0 Å². The van der Waals surface area contributed by atoms with E-state index in [1.165, 1.54) is 18.2 Å². The smallest absolute Gasteiger partial charge is 0.269 e. The Balaban J connectivity index is 1.36. The monoisotopic (exact) mass is 382 g/mol. The Bertz CT molecular complexity index is 966. The number of rotatable bonds is 5. The lowest BCUT2D eigenvalue weighted by Gasteiger charge is -2.30. The summed E-state index contributed by atoms with van der Waals surface area (Å²) < 4.78 is 18.9. The molecular weight excluding hydrogens is 363 g/mol. The van der Waals surface area contributed by atoms with Gasteiger partial charge in [0.25, 0.3) is 5.69 Å². The summed E-state index contributed by atoms with van der Waals surface area (Å²) in [5.74, 6) is 0.881. The molecule has 7 nitrogen and oxygen atoms in total. The Labute approximate surface area is 161 Å². The summed E-state index contributed by atoms with van der Waals surface area (Å²) in [4.78, 5) is 12.8. The van der Waals surface area contributed by atoms with Crippen molar-refractivity contribution in [1.82, 2.24) is 15.1 Å². The highest BCUT2D eigenvalue weighted by Gasteiger charge is 2.25. The summed E-state index contributed by atoms with van der Waals surface area (Å²) >= 11 is 0. The standard InChI is InChI=1S/C20H19FN4O3/c21-17-6-4-15(5-7-17)19-22-23-20(28-19)16-8-10-24(11-9-16)13-14-2-1-3-18(12-14)25(26)27/h1-7,12,16H,8-11,13H2. The first-order valence-electron chi connectivity index (χ1n) is 9.13. The van der Waals surface area contributed by atoms with E-state index in [-0.39, 0.29) is 22.3 Å². The van der Waals surface area contributed by atoms with Gasteiger partial charge in [-0.1, -0.05) is 12.1 Å². The van der Waals surface area contributed by atoms with Gasteiger partial charge in [0.2, 0.25) is 11.8 Å². The lowest BCUT2D eigenvalue weighted by Crippen LogP contribution is -2.32. The average molecular weight is 382 g/mol. The Morgan fingerprint density at radius 1 is 1.14 bits per heavy atom. The van der Waals surface area contributed by atoms with Crippen LogP contribution in [0.2, 0.25) is 0 Å². The predicted molar refractivity (Wildman–Crippen MR) is 100 cm³/mol. The van der Waals surface area contributed by atoms with Crippen LogP contribution in [0, 0.1) is 15.9 Å². The maximum Gasteiger partial charge on any atom is 0.269 e. The second-order valence-electron chi connectivity index (χ2n) is 6.93. The molecule has 1 aromatic heterocycles. The van der Waals surface area contributed by atoms with E-state index in [0.29, 0.717) is 23.9 Å². The Morgan fingerprint density at radius 2 is 1.89 bits per heavy atom. The van der Waals surface area contributed by atoms with Crippen molar-refractivity contribution in [2.75, 3.05) is 13.1 Å². The summed E-state index contributed by atoms with van der Waals surface area (Å²) in [5.41, 5.74) is 1.75. The molecule has 1 saturated heterocycles. The molecular formula is C20H19FN4O3. The van der Waals surface area contributed by atoms with Crippen molar-refractivity contribution < 1.29 is 13.7 Å². The van der Waals surface area contributed by atoms with E-state index in [1.54, 1.807) is 24.3 Å². The first-order chi connectivity index (χ1) is 13.6. The van der Waals surface area contributed by atoms with Crippen molar-refractivity contribution in [3.8, 4) is 11.5 Å². The third-order valence-electron chi connectivity index (χ3n) is 5.00. The molecule has 2 aromatic carbocycles. The van der Waals surface area contributed by atoms with Gasteiger partial charge in [-0.25, -0.2) is 4.39 Å². The third kappa shape index (κ3) is 4.07. The van der Waals surface area contributed by atoms with Gasteiger partial charge in [0.1, 0.15) is 5.82 Å². The first kappa shape index (κ1) is 18.2. The molecule has 1 aliphatic rings. The van der Waals surface area contributed by atoms with E-state index >= 15 is 0 Å². The van der Waals surface area contributed by atoms with Gasteiger partial charge in [-0.05, 0) is 55.8 Å². The summed E-state index contributed by atoms with van der Waals surface area (Å²) in [6, 6.07) is 12.7. The summed E-state index contributed by atoms with van der Waals surface area (Å²) in [6.07, 6.45) is 1.75. The molecule has 3 aromatic rings. The lowest BCUT2D eigenvalue weighted by molar-refractivity contribution is -0.384. The van der Waals surface area contributed by atoms with E-state index in [2.05, 4.69) is 15.1 Å². The van der Waals surface area contributed by atoms with E-state index in [9.17, 15) is 14.5 Å². The van der Waals surface area contributed by atoms with E-state index < -0.39 is 0 Å². The molecule has 1 fully saturated rings. The van der Waals surface area contributed by atoms with Crippen LogP contribution in [-0.2, 0) is 6.54 Å². The Kier molecular flexibility index (Phi) is 5.12. The SMILES string of the molecule is O=[N+]([O-])c1cccc(CN2CCC(c3nnc(-c4ccc(F)cc4)o3)CC2)c1.